The zero-order chi connectivity index (χ0) is 9.97. The fraction of sp³-hybridized carbons (Fsp3) is 0.600. The average molecular weight is 190 g/mol. The van der Waals surface area contributed by atoms with E-state index in [4.69, 9.17) is 5.26 Å². The molecule has 0 aliphatic carbocycles. The summed E-state index contributed by atoms with van der Waals surface area (Å²) in [5.41, 5.74) is 1.60. The molecule has 1 atom stereocenters. The Labute approximate surface area is 83.5 Å². The summed E-state index contributed by atoms with van der Waals surface area (Å²) in [6.45, 7) is 2.24. The molecule has 4 nitrogen and oxygen atoms in total. The molecule has 1 N–H and O–H groups in total. The predicted molar refractivity (Wildman–Crippen MR) is 52.8 cm³/mol. The monoisotopic (exact) mass is 190 g/mol. The molecule has 0 amide bonds. The number of H-pyrrole nitrogens is 1. The third-order valence-corrected chi connectivity index (χ3v) is 2.78. The molecule has 1 aromatic rings. The number of hydrogen-bond donors (Lipinski definition) is 1. The van der Waals surface area contributed by atoms with Gasteiger partial charge < -0.3 is 4.90 Å². The lowest BCUT2D eigenvalue weighted by molar-refractivity contribution is 0.248. The van der Waals surface area contributed by atoms with Crippen LogP contribution in [0, 0.1) is 11.3 Å². The SMILES string of the molecule is CN1CCCC(c2cc(C#N)n[nH]2)C1. The van der Waals surface area contributed by atoms with Crippen molar-refractivity contribution in [3.8, 4) is 6.07 Å². The molecule has 1 unspecified atom stereocenters. The Hall–Kier alpha value is -1.34. The second kappa shape index (κ2) is 3.81. The number of rotatable bonds is 1. The van der Waals surface area contributed by atoms with Crippen LogP contribution in [0.15, 0.2) is 6.07 Å². The third-order valence-electron chi connectivity index (χ3n) is 2.78. The quantitative estimate of drug-likeness (QED) is 0.721. The van der Waals surface area contributed by atoms with Crippen molar-refractivity contribution in [2.24, 2.45) is 0 Å². The molecule has 0 saturated carbocycles. The molecular weight excluding hydrogens is 176 g/mol. The minimum absolute atomic E-state index is 0.494. The number of likely N-dealkylation sites (N-methyl/N-ethyl adjacent to an activating group) is 1. The van der Waals surface area contributed by atoms with Gasteiger partial charge in [-0.05, 0) is 32.5 Å². The Morgan fingerprint density at radius 1 is 1.71 bits per heavy atom. The van der Waals surface area contributed by atoms with Crippen molar-refractivity contribution >= 4 is 0 Å². The van der Waals surface area contributed by atoms with Crippen LogP contribution in [0.1, 0.15) is 30.1 Å². The van der Waals surface area contributed by atoms with E-state index >= 15 is 0 Å². The molecule has 0 aromatic carbocycles. The first-order valence-electron chi connectivity index (χ1n) is 4.93. The highest BCUT2D eigenvalue weighted by molar-refractivity contribution is 5.23. The van der Waals surface area contributed by atoms with Crippen LogP contribution in [-0.2, 0) is 0 Å². The van der Waals surface area contributed by atoms with Gasteiger partial charge in [-0.2, -0.15) is 10.4 Å². The molecule has 0 bridgehead atoms. The lowest BCUT2D eigenvalue weighted by Crippen LogP contribution is -2.30. The van der Waals surface area contributed by atoms with Crippen LogP contribution >= 0.6 is 0 Å². The zero-order valence-electron chi connectivity index (χ0n) is 8.32. The van der Waals surface area contributed by atoms with Gasteiger partial charge in [0.25, 0.3) is 0 Å². The van der Waals surface area contributed by atoms with E-state index in [-0.39, 0.29) is 0 Å². The molecule has 2 rings (SSSR count). The van der Waals surface area contributed by atoms with Crippen molar-refractivity contribution < 1.29 is 0 Å². The van der Waals surface area contributed by atoms with Crippen LogP contribution in [0.4, 0.5) is 0 Å². The highest BCUT2D eigenvalue weighted by Gasteiger charge is 2.20. The smallest absolute Gasteiger partial charge is 0.162 e. The first kappa shape index (κ1) is 9.22. The van der Waals surface area contributed by atoms with Crippen LogP contribution in [-0.4, -0.2) is 35.2 Å². The molecule has 1 fully saturated rings. The maximum absolute atomic E-state index is 8.66. The van der Waals surface area contributed by atoms with E-state index in [0.29, 0.717) is 11.6 Å². The summed E-state index contributed by atoms with van der Waals surface area (Å²) in [7, 11) is 2.13. The topological polar surface area (TPSA) is 55.7 Å². The summed E-state index contributed by atoms with van der Waals surface area (Å²) in [4.78, 5) is 2.32. The Morgan fingerprint density at radius 3 is 3.21 bits per heavy atom. The number of likely N-dealkylation sites (tertiary alicyclic amines) is 1. The molecule has 14 heavy (non-hydrogen) atoms. The molecule has 1 aliphatic heterocycles. The maximum Gasteiger partial charge on any atom is 0.162 e. The lowest BCUT2D eigenvalue weighted by atomic mass is 9.95. The number of aromatic amines is 1. The number of aromatic nitrogens is 2. The molecular formula is C10H14N4. The second-order valence-corrected chi connectivity index (χ2v) is 3.92. The van der Waals surface area contributed by atoms with Gasteiger partial charge in [-0.1, -0.05) is 0 Å². The fourth-order valence-electron chi connectivity index (χ4n) is 2.02. The third kappa shape index (κ3) is 1.78. The lowest BCUT2D eigenvalue weighted by Gasteiger charge is -2.28. The number of hydrogen-bond acceptors (Lipinski definition) is 3. The fourth-order valence-corrected chi connectivity index (χ4v) is 2.02. The van der Waals surface area contributed by atoms with E-state index in [9.17, 15) is 0 Å². The van der Waals surface area contributed by atoms with Gasteiger partial charge in [0, 0.05) is 18.2 Å². The van der Waals surface area contributed by atoms with E-state index in [1.54, 1.807) is 0 Å². The summed E-state index contributed by atoms with van der Waals surface area (Å²) in [6.07, 6.45) is 2.42. The van der Waals surface area contributed by atoms with Gasteiger partial charge in [-0.25, -0.2) is 0 Å². The normalized spacial score (nSPS) is 23.3. The predicted octanol–water partition coefficient (Wildman–Crippen LogP) is 1.09. The second-order valence-electron chi connectivity index (χ2n) is 3.92. The summed E-state index contributed by atoms with van der Waals surface area (Å²) >= 11 is 0. The van der Waals surface area contributed by atoms with Gasteiger partial charge in [-0.15, -0.1) is 0 Å². The standard InChI is InChI=1S/C10H14N4/c1-14-4-2-3-8(7-14)10-5-9(6-11)12-13-10/h5,8H,2-4,7H2,1H3,(H,12,13). The van der Waals surface area contributed by atoms with Crippen molar-refractivity contribution in [1.82, 2.24) is 15.1 Å². The van der Waals surface area contributed by atoms with E-state index in [0.717, 1.165) is 12.2 Å². The van der Waals surface area contributed by atoms with Crippen molar-refractivity contribution in [3.63, 3.8) is 0 Å². The zero-order valence-corrected chi connectivity index (χ0v) is 8.32. The number of nitrogens with zero attached hydrogens (tertiary/aromatic N) is 3. The van der Waals surface area contributed by atoms with Crippen LogP contribution in [0.25, 0.3) is 0 Å². The molecule has 74 valence electrons. The molecule has 4 heteroatoms. The minimum atomic E-state index is 0.494. The molecule has 2 heterocycles. The van der Waals surface area contributed by atoms with Gasteiger partial charge >= 0.3 is 0 Å². The molecule has 0 spiro atoms. The number of nitriles is 1. The van der Waals surface area contributed by atoms with Gasteiger partial charge in [0.1, 0.15) is 6.07 Å². The highest BCUT2D eigenvalue weighted by Crippen LogP contribution is 2.24. The Kier molecular flexibility index (Phi) is 2.51. The Balaban J connectivity index is 2.10. The van der Waals surface area contributed by atoms with E-state index in [1.807, 2.05) is 12.1 Å². The van der Waals surface area contributed by atoms with Gasteiger partial charge in [0.15, 0.2) is 5.69 Å². The van der Waals surface area contributed by atoms with Crippen LogP contribution in [0.5, 0.6) is 0 Å². The van der Waals surface area contributed by atoms with Crippen molar-refractivity contribution in [3.05, 3.63) is 17.5 Å². The highest BCUT2D eigenvalue weighted by atomic mass is 15.1. The van der Waals surface area contributed by atoms with E-state index in [1.165, 1.54) is 19.4 Å². The average Bonchev–Trinajstić information content (AvgIpc) is 2.66. The number of piperidine rings is 1. The van der Waals surface area contributed by atoms with Crippen LogP contribution in [0.2, 0.25) is 0 Å². The Morgan fingerprint density at radius 2 is 2.57 bits per heavy atom. The summed E-state index contributed by atoms with van der Waals surface area (Å²) in [5, 5.41) is 15.5. The van der Waals surface area contributed by atoms with Gasteiger partial charge in [0.05, 0.1) is 0 Å². The largest absolute Gasteiger partial charge is 0.306 e. The van der Waals surface area contributed by atoms with E-state index < -0.39 is 0 Å². The van der Waals surface area contributed by atoms with Gasteiger partial charge in [-0.3, -0.25) is 5.10 Å². The van der Waals surface area contributed by atoms with Crippen molar-refractivity contribution in [1.29, 1.82) is 5.26 Å². The minimum Gasteiger partial charge on any atom is -0.306 e. The molecule has 1 aromatic heterocycles. The first-order chi connectivity index (χ1) is 6.79. The van der Waals surface area contributed by atoms with Gasteiger partial charge in [0.2, 0.25) is 0 Å². The first-order valence-corrected chi connectivity index (χ1v) is 4.93. The summed E-state index contributed by atoms with van der Waals surface area (Å²) < 4.78 is 0. The Bertz CT molecular complexity index is 349. The van der Waals surface area contributed by atoms with Crippen molar-refractivity contribution in [2.45, 2.75) is 18.8 Å². The molecule has 0 radical (unpaired) electrons. The molecule has 1 saturated heterocycles. The van der Waals surface area contributed by atoms with Crippen molar-refractivity contribution in [2.75, 3.05) is 20.1 Å². The number of nitrogens with one attached hydrogen (secondary N) is 1. The van der Waals surface area contributed by atoms with E-state index in [2.05, 4.69) is 22.1 Å². The van der Waals surface area contributed by atoms with Crippen LogP contribution < -0.4 is 0 Å². The summed E-state index contributed by atoms with van der Waals surface area (Å²) in [5.74, 6) is 0.517. The molecule has 1 aliphatic rings. The maximum atomic E-state index is 8.66. The van der Waals surface area contributed by atoms with Crippen LogP contribution in [0.3, 0.4) is 0 Å². The summed E-state index contributed by atoms with van der Waals surface area (Å²) in [6, 6.07) is 3.91.